The molecule has 2 unspecified atom stereocenters. The van der Waals surface area contributed by atoms with E-state index < -0.39 is 0 Å². The van der Waals surface area contributed by atoms with E-state index in [9.17, 15) is 9.59 Å². The van der Waals surface area contributed by atoms with Crippen molar-refractivity contribution in [3.63, 3.8) is 0 Å². The molecule has 2 aliphatic heterocycles. The fourth-order valence-corrected chi connectivity index (χ4v) is 3.89. The third-order valence-corrected chi connectivity index (χ3v) is 5.48. The van der Waals surface area contributed by atoms with Crippen molar-refractivity contribution in [1.29, 1.82) is 0 Å². The fourth-order valence-electron chi connectivity index (χ4n) is 3.89. The Morgan fingerprint density at radius 2 is 2.00 bits per heavy atom. The van der Waals surface area contributed by atoms with Crippen LogP contribution in [-0.4, -0.2) is 67.4 Å². The number of amides is 2. The van der Waals surface area contributed by atoms with Crippen molar-refractivity contribution >= 4 is 17.5 Å². The first-order chi connectivity index (χ1) is 12.5. The van der Waals surface area contributed by atoms with Crippen molar-refractivity contribution in [2.75, 3.05) is 39.0 Å². The molecule has 2 atom stereocenters. The number of carbonyl (C=O) groups is 2. The fraction of sp³-hybridized carbons (Fsp3) is 0.600. The second kappa shape index (κ2) is 8.64. The largest absolute Gasteiger partial charge is 0.337 e. The Bertz CT molecular complexity index is 625. The molecule has 0 radical (unpaired) electrons. The van der Waals surface area contributed by atoms with E-state index in [1.807, 2.05) is 24.1 Å². The van der Waals surface area contributed by atoms with Crippen molar-refractivity contribution in [2.24, 2.45) is 0 Å². The van der Waals surface area contributed by atoms with Crippen molar-refractivity contribution in [1.82, 2.24) is 15.1 Å². The van der Waals surface area contributed by atoms with Gasteiger partial charge in [0.2, 0.25) is 5.91 Å². The van der Waals surface area contributed by atoms with Crippen LogP contribution in [0.4, 0.5) is 5.69 Å². The molecule has 1 aromatic carbocycles. The summed E-state index contributed by atoms with van der Waals surface area (Å²) in [5.41, 5.74) is 1.40. The maximum absolute atomic E-state index is 12.7. The minimum absolute atomic E-state index is 0.0193. The zero-order valence-electron chi connectivity index (χ0n) is 15.8. The van der Waals surface area contributed by atoms with Crippen molar-refractivity contribution < 1.29 is 9.59 Å². The van der Waals surface area contributed by atoms with Crippen LogP contribution < -0.4 is 10.6 Å². The van der Waals surface area contributed by atoms with Gasteiger partial charge in [0.1, 0.15) is 0 Å². The number of carbonyl (C=O) groups excluding carboxylic acids is 2. The van der Waals surface area contributed by atoms with Crippen molar-refractivity contribution in [2.45, 2.75) is 44.2 Å². The molecule has 1 aromatic rings. The van der Waals surface area contributed by atoms with Crippen LogP contribution in [0.5, 0.6) is 0 Å². The first kappa shape index (κ1) is 18.9. The third kappa shape index (κ3) is 4.83. The number of piperidine rings is 1. The number of likely N-dealkylation sites (tertiary alicyclic amines) is 1. The molecule has 2 amide bonds. The van der Waals surface area contributed by atoms with Gasteiger partial charge in [-0.05, 0) is 70.1 Å². The molecule has 142 valence electrons. The Morgan fingerprint density at radius 1 is 1.23 bits per heavy atom. The second-order valence-electron chi connectivity index (χ2n) is 7.60. The van der Waals surface area contributed by atoms with Crippen LogP contribution in [0.15, 0.2) is 24.3 Å². The highest BCUT2D eigenvalue weighted by Crippen LogP contribution is 2.18. The van der Waals surface area contributed by atoms with Gasteiger partial charge in [0.25, 0.3) is 5.91 Å². The predicted molar refractivity (Wildman–Crippen MR) is 103 cm³/mol. The number of nitrogens with one attached hydrogen (secondary N) is 2. The predicted octanol–water partition coefficient (Wildman–Crippen LogP) is 1.93. The molecule has 2 saturated heterocycles. The number of nitrogens with zero attached hydrogens (tertiary/aromatic N) is 2. The molecule has 0 aromatic heterocycles. The van der Waals surface area contributed by atoms with Crippen LogP contribution in [0.25, 0.3) is 0 Å². The Kier molecular flexibility index (Phi) is 6.27. The van der Waals surface area contributed by atoms with E-state index in [-0.39, 0.29) is 23.9 Å². The van der Waals surface area contributed by atoms with E-state index in [0.717, 1.165) is 51.0 Å². The Hall–Kier alpha value is -1.92. The molecule has 2 aliphatic rings. The number of hydrogen-bond donors (Lipinski definition) is 2. The molecule has 0 saturated carbocycles. The summed E-state index contributed by atoms with van der Waals surface area (Å²) in [6.07, 6.45) is 4.87. The average Bonchev–Trinajstić information content (AvgIpc) is 3.14. The summed E-state index contributed by atoms with van der Waals surface area (Å²) >= 11 is 0. The van der Waals surface area contributed by atoms with Gasteiger partial charge in [0.05, 0.1) is 0 Å². The second-order valence-corrected chi connectivity index (χ2v) is 7.60. The number of likely N-dealkylation sites (N-methyl/N-ethyl adjacent to an activating group) is 2. The van der Waals surface area contributed by atoms with Crippen LogP contribution in [0.1, 0.15) is 42.5 Å². The molecule has 2 fully saturated rings. The molecule has 3 rings (SSSR count). The van der Waals surface area contributed by atoms with Gasteiger partial charge in [-0.25, -0.2) is 0 Å². The summed E-state index contributed by atoms with van der Waals surface area (Å²) < 4.78 is 0. The maximum atomic E-state index is 12.7. The lowest BCUT2D eigenvalue weighted by molar-refractivity contribution is -0.116. The first-order valence-electron chi connectivity index (χ1n) is 9.62. The highest BCUT2D eigenvalue weighted by molar-refractivity contribution is 5.96. The SMILES string of the molecule is CN1CCCC(N(C)C(=O)c2ccc(NC(=O)CC3CCCN3)cc2)C1. The molecule has 0 spiro atoms. The van der Waals surface area contributed by atoms with Gasteiger partial charge in [0, 0.05) is 43.3 Å². The van der Waals surface area contributed by atoms with Crippen molar-refractivity contribution in [3.05, 3.63) is 29.8 Å². The van der Waals surface area contributed by atoms with Gasteiger partial charge in [-0.3, -0.25) is 9.59 Å². The van der Waals surface area contributed by atoms with Crippen LogP contribution in [0, 0.1) is 0 Å². The standard InChI is InChI=1S/C20H30N4O2/c1-23-12-4-6-18(14-23)24(2)20(26)15-7-9-16(10-8-15)22-19(25)13-17-5-3-11-21-17/h7-10,17-18,21H,3-6,11-14H2,1-2H3,(H,22,25). The molecule has 6 nitrogen and oxygen atoms in total. The van der Waals surface area contributed by atoms with Gasteiger partial charge < -0.3 is 20.4 Å². The van der Waals surface area contributed by atoms with E-state index in [0.29, 0.717) is 12.0 Å². The van der Waals surface area contributed by atoms with Crippen LogP contribution in [0.3, 0.4) is 0 Å². The smallest absolute Gasteiger partial charge is 0.253 e. The van der Waals surface area contributed by atoms with Crippen molar-refractivity contribution in [3.8, 4) is 0 Å². The monoisotopic (exact) mass is 358 g/mol. The minimum atomic E-state index is 0.0193. The number of anilines is 1. The molecular weight excluding hydrogens is 328 g/mol. The van der Waals surface area contributed by atoms with Gasteiger partial charge in [-0.1, -0.05) is 0 Å². The molecular formula is C20H30N4O2. The first-order valence-corrected chi connectivity index (χ1v) is 9.62. The van der Waals surface area contributed by atoms with E-state index in [1.54, 1.807) is 12.1 Å². The summed E-state index contributed by atoms with van der Waals surface area (Å²) in [6, 6.07) is 7.78. The summed E-state index contributed by atoms with van der Waals surface area (Å²) in [6.45, 7) is 3.02. The highest BCUT2D eigenvalue weighted by Gasteiger charge is 2.25. The topological polar surface area (TPSA) is 64.7 Å². The van der Waals surface area contributed by atoms with Crippen LogP contribution in [-0.2, 0) is 4.79 Å². The lowest BCUT2D eigenvalue weighted by Crippen LogP contribution is -2.47. The van der Waals surface area contributed by atoms with Gasteiger partial charge in [-0.15, -0.1) is 0 Å². The normalized spacial score (nSPS) is 23.6. The Morgan fingerprint density at radius 3 is 2.65 bits per heavy atom. The van der Waals surface area contributed by atoms with E-state index >= 15 is 0 Å². The summed E-state index contributed by atoms with van der Waals surface area (Å²) in [4.78, 5) is 29.0. The molecule has 6 heteroatoms. The maximum Gasteiger partial charge on any atom is 0.253 e. The minimum Gasteiger partial charge on any atom is -0.337 e. The zero-order chi connectivity index (χ0) is 18.5. The highest BCUT2D eigenvalue weighted by atomic mass is 16.2. The van der Waals surface area contributed by atoms with Crippen LogP contribution >= 0.6 is 0 Å². The number of benzene rings is 1. The number of hydrogen-bond acceptors (Lipinski definition) is 4. The molecule has 0 aliphatic carbocycles. The third-order valence-electron chi connectivity index (χ3n) is 5.48. The Balaban J connectivity index is 1.54. The van der Waals surface area contributed by atoms with Gasteiger partial charge in [0.15, 0.2) is 0 Å². The van der Waals surface area contributed by atoms with Gasteiger partial charge >= 0.3 is 0 Å². The van der Waals surface area contributed by atoms with E-state index in [2.05, 4.69) is 22.6 Å². The lowest BCUT2D eigenvalue weighted by Gasteiger charge is -2.35. The molecule has 26 heavy (non-hydrogen) atoms. The quantitative estimate of drug-likeness (QED) is 0.844. The molecule has 2 heterocycles. The lowest BCUT2D eigenvalue weighted by atomic mass is 10.0. The summed E-state index contributed by atoms with van der Waals surface area (Å²) in [7, 11) is 3.99. The molecule has 2 N–H and O–H groups in total. The van der Waals surface area contributed by atoms with E-state index in [1.165, 1.54) is 0 Å². The summed E-state index contributed by atoms with van der Waals surface area (Å²) in [5.74, 6) is 0.0594. The van der Waals surface area contributed by atoms with Gasteiger partial charge in [-0.2, -0.15) is 0 Å². The molecule has 0 bridgehead atoms. The Labute approximate surface area is 155 Å². The van der Waals surface area contributed by atoms with E-state index in [4.69, 9.17) is 0 Å². The zero-order valence-corrected chi connectivity index (χ0v) is 15.8. The average molecular weight is 358 g/mol. The number of rotatable bonds is 5. The van der Waals surface area contributed by atoms with Crippen LogP contribution in [0.2, 0.25) is 0 Å². The summed E-state index contributed by atoms with van der Waals surface area (Å²) in [5, 5.41) is 6.25.